The van der Waals surface area contributed by atoms with Gasteiger partial charge in [-0.05, 0) is 56.5 Å². The molecule has 0 unspecified atom stereocenters. The van der Waals surface area contributed by atoms with Crippen LogP contribution in [0.1, 0.15) is 34.0 Å². The molecule has 0 radical (unpaired) electrons. The van der Waals surface area contributed by atoms with E-state index in [2.05, 4.69) is 11.1 Å². The first-order valence-corrected chi connectivity index (χ1v) is 6.21. The van der Waals surface area contributed by atoms with Crippen LogP contribution in [0.15, 0.2) is 30.5 Å². The number of hydrogen-bond donors (Lipinski definition) is 0. The summed E-state index contributed by atoms with van der Waals surface area (Å²) in [7, 11) is 0. The molecular formula is C16H17NO2. The molecular weight excluding hydrogens is 238 g/mol. The van der Waals surface area contributed by atoms with Gasteiger partial charge in [-0.25, -0.2) is 4.98 Å². The Morgan fingerprint density at radius 2 is 1.79 bits per heavy atom. The van der Waals surface area contributed by atoms with Gasteiger partial charge in [0.25, 0.3) is 0 Å². The van der Waals surface area contributed by atoms with E-state index in [1.54, 1.807) is 18.3 Å². The number of aryl methyl sites for hydroxylation is 2. The fourth-order valence-electron chi connectivity index (χ4n) is 1.92. The number of nitrogens with zero attached hydrogens (tertiary/aromatic N) is 1. The number of benzene rings is 1. The zero-order valence-electron chi connectivity index (χ0n) is 11.7. The van der Waals surface area contributed by atoms with E-state index in [0.29, 0.717) is 11.4 Å². The van der Waals surface area contributed by atoms with E-state index >= 15 is 0 Å². The molecule has 0 bridgehead atoms. The highest BCUT2D eigenvalue weighted by Gasteiger charge is 2.13. The molecule has 0 aliphatic heterocycles. The summed E-state index contributed by atoms with van der Waals surface area (Å²) in [5.41, 5.74) is 3.76. The first-order chi connectivity index (χ1) is 9.00. The number of carbonyl (C=O) groups excluding carboxylic acids is 1. The van der Waals surface area contributed by atoms with Gasteiger partial charge in [-0.1, -0.05) is 12.1 Å². The standard InChI is InChI=1S/C16H17NO2/c1-10-7-8-11(2)15(12(10)3)19-16-14(13(4)18)6-5-9-17-16/h5-9H,1-4H3. The topological polar surface area (TPSA) is 39.2 Å². The van der Waals surface area contributed by atoms with Crippen LogP contribution in [0.4, 0.5) is 0 Å². The van der Waals surface area contributed by atoms with Crippen LogP contribution in [0.5, 0.6) is 11.6 Å². The van der Waals surface area contributed by atoms with Crippen molar-refractivity contribution in [3.63, 3.8) is 0 Å². The monoisotopic (exact) mass is 255 g/mol. The average Bonchev–Trinajstić information content (AvgIpc) is 2.39. The SMILES string of the molecule is CC(=O)c1cccnc1Oc1c(C)ccc(C)c1C. The Bertz CT molecular complexity index is 633. The third kappa shape index (κ3) is 2.65. The molecule has 2 aromatic rings. The maximum Gasteiger partial charge on any atom is 0.230 e. The lowest BCUT2D eigenvalue weighted by Crippen LogP contribution is -2.01. The minimum absolute atomic E-state index is 0.0499. The molecule has 0 aliphatic rings. The number of carbonyl (C=O) groups is 1. The fourth-order valence-corrected chi connectivity index (χ4v) is 1.92. The number of Topliss-reactive ketones (excluding diaryl/α,β-unsaturated/α-hetero) is 1. The number of pyridine rings is 1. The van der Waals surface area contributed by atoms with Gasteiger partial charge in [0.1, 0.15) is 5.75 Å². The van der Waals surface area contributed by atoms with Gasteiger partial charge in [-0.3, -0.25) is 4.79 Å². The Morgan fingerprint density at radius 3 is 2.47 bits per heavy atom. The van der Waals surface area contributed by atoms with Crippen LogP contribution in [0.3, 0.4) is 0 Å². The molecule has 0 atom stereocenters. The Labute approximate surface area is 113 Å². The van der Waals surface area contributed by atoms with Crippen molar-refractivity contribution in [1.82, 2.24) is 4.98 Å². The maximum absolute atomic E-state index is 11.6. The lowest BCUT2D eigenvalue weighted by atomic mass is 10.1. The second-order valence-corrected chi connectivity index (χ2v) is 4.67. The average molecular weight is 255 g/mol. The number of rotatable bonds is 3. The van der Waals surface area contributed by atoms with Crippen LogP contribution in [0, 0.1) is 20.8 Å². The summed E-state index contributed by atoms with van der Waals surface area (Å²) in [5, 5.41) is 0. The van der Waals surface area contributed by atoms with Crippen molar-refractivity contribution in [2.24, 2.45) is 0 Å². The van der Waals surface area contributed by atoms with Crippen molar-refractivity contribution >= 4 is 5.78 Å². The van der Waals surface area contributed by atoms with Crippen LogP contribution in [0.25, 0.3) is 0 Å². The Balaban J connectivity index is 2.48. The maximum atomic E-state index is 11.6. The van der Waals surface area contributed by atoms with Crippen molar-refractivity contribution in [2.45, 2.75) is 27.7 Å². The smallest absolute Gasteiger partial charge is 0.230 e. The number of hydrogen-bond acceptors (Lipinski definition) is 3. The molecule has 1 aromatic heterocycles. The minimum Gasteiger partial charge on any atom is -0.438 e. The van der Waals surface area contributed by atoms with E-state index in [1.807, 2.05) is 26.8 Å². The molecule has 0 fully saturated rings. The first kappa shape index (κ1) is 13.3. The molecule has 2 rings (SSSR count). The summed E-state index contributed by atoms with van der Waals surface area (Å²) < 4.78 is 5.88. The van der Waals surface area contributed by atoms with Crippen LogP contribution >= 0.6 is 0 Å². The Morgan fingerprint density at radius 1 is 1.11 bits per heavy atom. The summed E-state index contributed by atoms with van der Waals surface area (Å²) >= 11 is 0. The largest absolute Gasteiger partial charge is 0.438 e. The van der Waals surface area contributed by atoms with Gasteiger partial charge in [-0.2, -0.15) is 0 Å². The summed E-state index contributed by atoms with van der Waals surface area (Å²) in [6.07, 6.45) is 1.63. The highest BCUT2D eigenvalue weighted by molar-refractivity contribution is 5.96. The van der Waals surface area contributed by atoms with Gasteiger partial charge in [0.05, 0.1) is 5.56 Å². The second kappa shape index (κ2) is 5.22. The summed E-state index contributed by atoms with van der Waals surface area (Å²) in [5.74, 6) is 1.10. The van der Waals surface area contributed by atoms with Gasteiger partial charge < -0.3 is 4.74 Å². The normalized spacial score (nSPS) is 10.3. The highest BCUT2D eigenvalue weighted by Crippen LogP contribution is 2.31. The highest BCUT2D eigenvalue weighted by atomic mass is 16.5. The number of ketones is 1. The summed E-state index contributed by atoms with van der Waals surface area (Å²) in [6.45, 7) is 7.54. The summed E-state index contributed by atoms with van der Waals surface area (Å²) in [4.78, 5) is 15.7. The lowest BCUT2D eigenvalue weighted by molar-refractivity contribution is 0.101. The lowest BCUT2D eigenvalue weighted by Gasteiger charge is -2.14. The molecule has 0 N–H and O–H groups in total. The summed E-state index contributed by atoms with van der Waals surface area (Å²) in [6, 6.07) is 7.53. The van der Waals surface area contributed by atoms with E-state index < -0.39 is 0 Å². The Hall–Kier alpha value is -2.16. The van der Waals surface area contributed by atoms with Gasteiger partial charge in [0.15, 0.2) is 5.78 Å². The molecule has 1 aromatic carbocycles. The first-order valence-electron chi connectivity index (χ1n) is 6.21. The van der Waals surface area contributed by atoms with Crippen molar-refractivity contribution in [3.8, 4) is 11.6 Å². The van der Waals surface area contributed by atoms with Gasteiger partial charge in [-0.15, -0.1) is 0 Å². The molecule has 0 aliphatic carbocycles. The van der Waals surface area contributed by atoms with Gasteiger partial charge in [0, 0.05) is 6.20 Å². The third-order valence-electron chi connectivity index (χ3n) is 3.22. The molecule has 3 nitrogen and oxygen atoms in total. The van der Waals surface area contributed by atoms with E-state index in [0.717, 1.165) is 22.4 Å². The third-order valence-corrected chi connectivity index (χ3v) is 3.22. The zero-order valence-corrected chi connectivity index (χ0v) is 11.7. The molecule has 3 heteroatoms. The van der Waals surface area contributed by atoms with Gasteiger partial charge in [0.2, 0.25) is 5.88 Å². The second-order valence-electron chi connectivity index (χ2n) is 4.67. The van der Waals surface area contributed by atoms with Crippen molar-refractivity contribution in [2.75, 3.05) is 0 Å². The molecule has 0 spiro atoms. The van der Waals surface area contributed by atoms with E-state index in [9.17, 15) is 4.79 Å². The van der Waals surface area contributed by atoms with Crippen LogP contribution in [0.2, 0.25) is 0 Å². The molecule has 19 heavy (non-hydrogen) atoms. The van der Waals surface area contributed by atoms with Crippen LogP contribution in [-0.2, 0) is 0 Å². The van der Waals surface area contributed by atoms with Gasteiger partial charge >= 0.3 is 0 Å². The van der Waals surface area contributed by atoms with Crippen molar-refractivity contribution in [1.29, 1.82) is 0 Å². The van der Waals surface area contributed by atoms with Crippen molar-refractivity contribution in [3.05, 3.63) is 52.7 Å². The Kier molecular flexibility index (Phi) is 3.65. The van der Waals surface area contributed by atoms with Crippen LogP contribution in [-0.4, -0.2) is 10.8 Å². The molecule has 0 saturated carbocycles. The van der Waals surface area contributed by atoms with E-state index in [-0.39, 0.29) is 5.78 Å². The number of ether oxygens (including phenoxy) is 1. The van der Waals surface area contributed by atoms with Crippen LogP contribution < -0.4 is 4.74 Å². The van der Waals surface area contributed by atoms with E-state index in [4.69, 9.17) is 4.74 Å². The minimum atomic E-state index is -0.0499. The zero-order chi connectivity index (χ0) is 14.0. The quantitative estimate of drug-likeness (QED) is 0.778. The van der Waals surface area contributed by atoms with Crippen molar-refractivity contribution < 1.29 is 9.53 Å². The van der Waals surface area contributed by atoms with E-state index in [1.165, 1.54) is 6.92 Å². The predicted octanol–water partition coefficient (Wildman–Crippen LogP) is 4.00. The predicted molar refractivity (Wildman–Crippen MR) is 75.0 cm³/mol. The molecule has 0 saturated heterocycles. The molecule has 98 valence electrons. The fraction of sp³-hybridized carbons (Fsp3) is 0.250. The molecule has 0 amide bonds. The number of aromatic nitrogens is 1. The molecule has 1 heterocycles.